The van der Waals surface area contributed by atoms with E-state index in [0.717, 1.165) is 19.2 Å². The van der Waals surface area contributed by atoms with Crippen LogP contribution >= 0.6 is 0 Å². The lowest BCUT2D eigenvalue weighted by molar-refractivity contribution is -0.384. The van der Waals surface area contributed by atoms with Gasteiger partial charge in [0.15, 0.2) is 5.78 Å². The fraction of sp³-hybridized carbons (Fsp3) is 0.118. The largest absolute Gasteiger partial charge is 0.465 e. The van der Waals surface area contributed by atoms with Crippen LogP contribution in [0.3, 0.4) is 0 Å². The highest BCUT2D eigenvalue weighted by Crippen LogP contribution is 2.19. The van der Waals surface area contributed by atoms with E-state index < -0.39 is 22.5 Å². The van der Waals surface area contributed by atoms with E-state index >= 15 is 0 Å². The molecule has 1 amide bonds. The molecule has 0 atom stereocenters. The molecule has 25 heavy (non-hydrogen) atoms. The van der Waals surface area contributed by atoms with Crippen molar-refractivity contribution >= 4 is 29.0 Å². The molecule has 2 aromatic rings. The third-order valence-electron chi connectivity index (χ3n) is 3.36. The smallest absolute Gasteiger partial charge is 0.338 e. The maximum absolute atomic E-state index is 12.3. The molecular weight excluding hydrogens is 328 g/mol. The Bertz CT molecular complexity index is 858. The van der Waals surface area contributed by atoms with Crippen LogP contribution in [0.1, 0.15) is 38.0 Å². The summed E-state index contributed by atoms with van der Waals surface area (Å²) in [6.07, 6.45) is 0. The van der Waals surface area contributed by atoms with Gasteiger partial charge in [0.2, 0.25) is 0 Å². The number of carbonyl (C=O) groups excluding carboxylic acids is 3. The predicted octanol–water partition coefficient (Wildman–Crippen LogP) is 2.84. The number of hydrogen-bond acceptors (Lipinski definition) is 6. The van der Waals surface area contributed by atoms with Crippen LogP contribution in [-0.4, -0.2) is 29.7 Å². The van der Waals surface area contributed by atoms with Crippen molar-refractivity contribution in [3.63, 3.8) is 0 Å². The minimum Gasteiger partial charge on any atom is -0.465 e. The van der Waals surface area contributed by atoms with Gasteiger partial charge in [-0.25, -0.2) is 4.79 Å². The summed E-state index contributed by atoms with van der Waals surface area (Å²) in [4.78, 5) is 45.5. The van der Waals surface area contributed by atoms with Crippen molar-refractivity contribution in [3.05, 3.63) is 69.3 Å². The maximum Gasteiger partial charge on any atom is 0.338 e. The number of nitro groups is 1. The lowest BCUT2D eigenvalue weighted by atomic mass is 10.1. The first kappa shape index (κ1) is 17.8. The second kappa shape index (κ2) is 7.35. The summed E-state index contributed by atoms with van der Waals surface area (Å²) in [5, 5.41) is 13.5. The molecule has 0 spiro atoms. The summed E-state index contributed by atoms with van der Waals surface area (Å²) in [6, 6.07) is 9.46. The minimum absolute atomic E-state index is 0.0646. The number of nitrogens with zero attached hydrogens (tertiary/aromatic N) is 1. The lowest BCUT2D eigenvalue weighted by Gasteiger charge is -2.07. The SMILES string of the molecule is COC(=O)c1cc(C(=O)Nc2ccc(C(C)=O)cc2)cc([N+](=O)[O-])c1. The second-order valence-corrected chi connectivity index (χ2v) is 5.10. The number of amides is 1. The van der Waals surface area contributed by atoms with Crippen LogP contribution in [0.5, 0.6) is 0 Å². The number of nitro benzene ring substituents is 1. The first-order chi connectivity index (χ1) is 11.8. The van der Waals surface area contributed by atoms with Crippen molar-refractivity contribution in [2.24, 2.45) is 0 Å². The number of rotatable bonds is 5. The average molecular weight is 342 g/mol. The van der Waals surface area contributed by atoms with Crippen molar-refractivity contribution in [1.29, 1.82) is 0 Å². The van der Waals surface area contributed by atoms with Gasteiger partial charge >= 0.3 is 5.97 Å². The van der Waals surface area contributed by atoms with Crippen LogP contribution in [-0.2, 0) is 4.74 Å². The molecule has 0 radical (unpaired) electrons. The number of anilines is 1. The number of ketones is 1. The van der Waals surface area contributed by atoms with Gasteiger partial charge in [-0.1, -0.05) is 0 Å². The number of nitrogens with one attached hydrogen (secondary N) is 1. The highest BCUT2D eigenvalue weighted by Gasteiger charge is 2.18. The van der Waals surface area contributed by atoms with Gasteiger partial charge in [-0.15, -0.1) is 0 Å². The molecule has 0 bridgehead atoms. The van der Waals surface area contributed by atoms with Gasteiger partial charge in [-0.2, -0.15) is 0 Å². The molecule has 0 aliphatic rings. The standard InChI is InChI=1S/C17H14N2O6/c1-10(20)11-3-5-14(6-4-11)18-16(21)12-7-13(17(22)25-2)9-15(8-12)19(23)24/h3-9H,1-2H3,(H,18,21). The second-order valence-electron chi connectivity index (χ2n) is 5.10. The molecule has 0 aliphatic carbocycles. The summed E-state index contributed by atoms with van der Waals surface area (Å²) < 4.78 is 4.53. The molecular formula is C17H14N2O6. The zero-order valence-electron chi connectivity index (χ0n) is 13.4. The van der Waals surface area contributed by atoms with Crippen molar-refractivity contribution < 1.29 is 24.0 Å². The zero-order valence-corrected chi connectivity index (χ0v) is 13.4. The number of non-ortho nitro benzene ring substituents is 1. The Kier molecular flexibility index (Phi) is 5.23. The van der Waals surface area contributed by atoms with Gasteiger partial charge in [-0.05, 0) is 37.3 Å². The molecule has 0 saturated carbocycles. The van der Waals surface area contributed by atoms with E-state index in [1.165, 1.54) is 25.1 Å². The molecule has 0 aliphatic heterocycles. The molecule has 8 nitrogen and oxygen atoms in total. The van der Waals surface area contributed by atoms with Gasteiger partial charge in [-0.3, -0.25) is 19.7 Å². The van der Waals surface area contributed by atoms with Crippen molar-refractivity contribution in [2.45, 2.75) is 6.92 Å². The average Bonchev–Trinajstić information content (AvgIpc) is 2.60. The number of Topliss-reactive ketones (excluding diaryl/α,β-unsaturated/α-hetero) is 1. The number of methoxy groups -OCH3 is 1. The van der Waals surface area contributed by atoms with Crippen molar-refractivity contribution in [2.75, 3.05) is 12.4 Å². The first-order valence-corrected chi connectivity index (χ1v) is 7.12. The third-order valence-corrected chi connectivity index (χ3v) is 3.36. The molecule has 0 saturated heterocycles. The molecule has 1 N–H and O–H groups in total. The fourth-order valence-electron chi connectivity index (χ4n) is 2.07. The number of esters is 1. The van der Waals surface area contributed by atoms with Gasteiger partial charge in [0.1, 0.15) is 0 Å². The molecule has 128 valence electrons. The van der Waals surface area contributed by atoms with Crippen LogP contribution in [0.25, 0.3) is 0 Å². The summed E-state index contributed by atoms with van der Waals surface area (Å²) in [5.74, 6) is -1.53. The number of benzene rings is 2. The Morgan fingerprint density at radius 1 is 1.00 bits per heavy atom. The van der Waals surface area contributed by atoms with E-state index in [4.69, 9.17) is 0 Å². The Morgan fingerprint density at radius 3 is 2.12 bits per heavy atom. The van der Waals surface area contributed by atoms with E-state index in [2.05, 4.69) is 10.1 Å². The Hall–Kier alpha value is -3.55. The summed E-state index contributed by atoms with van der Waals surface area (Å²) in [6.45, 7) is 1.42. The number of ether oxygens (including phenoxy) is 1. The van der Waals surface area contributed by atoms with E-state index in [0.29, 0.717) is 11.3 Å². The van der Waals surface area contributed by atoms with Crippen LogP contribution in [0.4, 0.5) is 11.4 Å². The highest BCUT2D eigenvalue weighted by molar-refractivity contribution is 6.06. The Morgan fingerprint density at radius 2 is 1.60 bits per heavy atom. The topological polar surface area (TPSA) is 116 Å². The van der Waals surface area contributed by atoms with E-state index in [1.807, 2.05) is 0 Å². The molecule has 8 heteroatoms. The zero-order chi connectivity index (χ0) is 18.6. The molecule has 0 aromatic heterocycles. The van der Waals surface area contributed by atoms with E-state index in [9.17, 15) is 24.5 Å². The number of hydrogen-bond donors (Lipinski definition) is 1. The minimum atomic E-state index is -0.788. The summed E-state index contributed by atoms with van der Waals surface area (Å²) in [7, 11) is 1.14. The van der Waals surface area contributed by atoms with Crippen molar-refractivity contribution in [1.82, 2.24) is 0 Å². The number of carbonyl (C=O) groups is 3. The van der Waals surface area contributed by atoms with Gasteiger partial charge < -0.3 is 10.1 Å². The molecule has 0 heterocycles. The van der Waals surface area contributed by atoms with Gasteiger partial charge in [0.25, 0.3) is 11.6 Å². The van der Waals surface area contributed by atoms with E-state index in [1.54, 1.807) is 12.1 Å². The normalized spacial score (nSPS) is 10.0. The lowest BCUT2D eigenvalue weighted by Crippen LogP contribution is -2.14. The highest BCUT2D eigenvalue weighted by atomic mass is 16.6. The molecule has 0 fully saturated rings. The summed E-state index contributed by atoms with van der Waals surface area (Å²) >= 11 is 0. The maximum atomic E-state index is 12.3. The van der Waals surface area contributed by atoms with E-state index in [-0.39, 0.29) is 16.9 Å². The Balaban J connectivity index is 2.31. The third kappa shape index (κ3) is 4.25. The summed E-state index contributed by atoms with van der Waals surface area (Å²) in [5.41, 5.74) is 0.321. The van der Waals surface area contributed by atoms with Gasteiger partial charge in [0, 0.05) is 28.9 Å². The van der Waals surface area contributed by atoms with Gasteiger partial charge in [0.05, 0.1) is 17.6 Å². The van der Waals surface area contributed by atoms with Crippen LogP contribution in [0, 0.1) is 10.1 Å². The quantitative estimate of drug-likeness (QED) is 0.386. The Labute approximate surface area is 142 Å². The van der Waals surface area contributed by atoms with Crippen LogP contribution < -0.4 is 5.32 Å². The molecule has 0 unspecified atom stereocenters. The van der Waals surface area contributed by atoms with Crippen molar-refractivity contribution in [3.8, 4) is 0 Å². The predicted molar refractivity (Wildman–Crippen MR) is 88.8 cm³/mol. The fourth-order valence-corrected chi connectivity index (χ4v) is 2.07. The van der Waals surface area contributed by atoms with Crippen LogP contribution in [0.15, 0.2) is 42.5 Å². The van der Waals surface area contributed by atoms with Crippen LogP contribution in [0.2, 0.25) is 0 Å². The monoisotopic (exact) mass is 342 g/mol. The first-order valence-electron chi connectivity index (χ1n) is 7.12. The molecule has 2 rings (SSSR count). The molecule has 2 aromatic carbocycles.